The van der Waals surface area contributed by atoms with Gasteiger partial charge in [0.25, 0.3) is 0 Å². The van der Waals surface area contributed by atoms with Crippen molar-refractivity contribution in [2.45, 2.75) is 6.92 Å². The second kappa shape index (κ2) is 9.01. The number of benzene rings is 3. The minimum Gasteiger partial charge on any atom is -0.503 e. The maximum absolute atomic E-state index is 12.6. The zero-order valence-electron chi connectivity index (χ0n) is 18.4. The summed E-state index contributed by atoms with van der Waals surface area (Å²) in [5.41, 5.74) is -0.440. The zero-order valence-corrected chi connectivity index (χ0v) is 19.9. The van der Waals surface area contributed by atoms with Crippen molar-refractivity contribution in [1.29, 1.82) is 0 Å². The molecule has 0 saturated carbocycles. The summed E-state index contributed by atoms with van der Waals surface area (Å²) in [4.78, 5) is 36.3. The fourth-order valence-electron chi connectivity index (χ4n) is 3.75. The first-order valence-corrected chi connectivity index (χ1v) is 10.6. The number of phenols is 1. The van der Waals surface area contributed by atoms with Gasteiger partial charge >= 0.3 is 11.9 Å². The Morgan fingerprint density at radius 1 is 0.971 bits per heavy atom. The van der Waals surface area contributed by atoms with E-state index in [1.807, 2.05) is 0 Å². The highest BCUT2D eigenvalue weighted by atomic mass is 35.5. The lowest BCUT2D eigenvalue weighted by atomic mass is 9.90. The third-order valence-corrected chi connectivity index (χ3v) is 5.93. The lowest BCUT2D eigenvalue weighted by Gasteiger charge is -2.20. The summed E-state index contributed by atoms with van der Waals surface area (Å²) in [6.07, 6.45) is 0. The second-order valence-corrected chi connectivity index (χ2v) is 8.06. The van der Waals surface area contributed by atoms with Gasteiger partial charge in [0.15, 0.2) is 28.6 Å². The average molecular weight is 519 g/mol. The van der Waals surface area contributed by atoms with E-state index in [0.29, 0.717) is 0 Å². The van der Waals surface area contributed by atoms with Crippen molar-refractivity contribution in [3.63, 3.8) is 0 Å². The van der Waals surface area contributed by atoms with Crippen LogP contribution in [0.15, 0.2) is 39.5 Å². The third kappa shape index (κ3) is 3.98. The molecule has 2 aliphatic rings. The van der Waals surface area contributed by atoms with E-state index >= 15 is 0 Å². The molecule has 0 aromatic heterocycles. The molecule has 9 nitrogen and oxygen atoms in total. The average Bonchev–Trinajstić information content (AvgIpc) is 2.82. The predicted octanol–water partition coefficient (Wildman–Crippen LogP) is 5.22. The van der Waals surface area contributed by atoms with Gasteiger partial charge in [-0.3, -0.25) is 9.59 Å². The Hall–Kier alpha value is -3.95. The number of hydrogen-bond acceptors (Lipinski definition) is 8. The van der Waals surface area contributed by atoms with Gasteiger partial charge in [-0.25, -0.2) is 4.79 Å². The molecule has 0 radical (unpaired) electrons. The number of rotatable bonds is 5. The highest BCUT2D eigenvalue weighted by Crippen LogP contribution is 2.50. The maximum Gasteiger partial charge on any atom is 0.336 e. The Bertz CT molecular complexity index is 1560. The molecule has 2 aromatic carbocycles. The lowest BCUT2D eigenvalue weighted by molar-refractivity contribution is -0.131. The van der Waals surface area contributed by atoms with Gasteiger partial charge in [0.1, 0.15) is 15.8 Å². The first kappa shape index (κ1) is 24.2. The lowest BCUT2D eigenvalue weighted by Crippen LogP contribution is -2.10. The summed E-state index contributed by atoms with van der Waals surface area (Å²) in [7, 11) is 2.58. The van der Waals surface area contributed by atoms with Crippen molar-refractivity contribution in [2.24, 2.45) is 0 Å². The highest BCUT2D eigenvalue weighted by molar-refractivity contribution is 6.38. The fraction of sp³-hybridized carbons (Fsp3) is 0.125. The van der Waals surface area contributed by atoms with Gasteiger partial charge < -0.3 is 28.8 Å². The van der Waals surface area contributed by atoms with E-state index in [4.69, 9.17) is 41.8 Å². The number of hydrogen-bond donors (Lipinski definition) is 2. The van der Waals surface area contributed by atoms with Crippen LogP contribution in [-0.4, -0.2) is 36.4 Å². The first-order valence-electron chi connectivity index (χ1n) is 9.87. The molecule has 1 aliphatic heterocycles. The normalized spacial score (nSPS) is 11.0. The SMILES string of the molecule is COc1cc2c(-c3cc(OC(C)=O)ccc3C(=O)O)c3cc(OC)c(=O)c(Cl)c-3oc2c(Cl)c1O. The number of carboxylic acid groups (broad SMARTS) is 1. The number of halogens is 2. The van der Waals surface area contributed by atoms with Crippen LogP contribution < -0.4 is 19.6 Å². The molecular weight excluding hydrogens is 503 g/mol. The smallest absolute Gasteiger partial charge is 0.336 e. The minimum atomic E-state index is -1.29. The summed E-state index contributed by atoms with van der Waals surface area (Å²) in [6, 6.07) is 6.67. The number of esters is 1. The summed E-state index contributed by atoms with van der Waals surface area (Å²) < 4.78 is 21.4. The van der Waals surface area contributed by atoms with E-state index in [0.717, 1.165) is 0 Å². The van der Waals surface area contributed by atoms with Gasteiger partial charge in [-0.2, -0.15) is 0 Å². The molecule has 0 saturated heterocycles. The summed E-state index contributed by atoms with van der Waals surface area (Å²) in [5, 5.41) is 20.0. The molecule has 180 valence electrons. The molecule has 1 heterocycles. The third-order valence-electron chi connectivity index (χ3n) is 5.24. The number of carbonyl (C=O) groups is 2. The van der Waals surface area contributed by atoms with Crippen molar-refractivity contribution >= 4 is 46.1 Å². The molecule has 2 N–H and O–H groups in total. The van der Waals surface area contributed by atoms with Crippen molar-refractivity contribution in [2.75, 3.05) is 14.2 Å². The Morgan fingerprint density at radius 3 is 2.26 bits per heavy atom. The van der Waals surface area contributed by atoms with Crippen molar-refractivity contribution in [1.82, 2.24) is 0 Å². The molecule has 11 heteroatoms. The monoisotopic (exact) mass is 518 g/mol. The Balaban J connectivity index is 2.30. The van der Waals surface area contributed by atoms with Crippen LogP contribution in [0.4, 0.5) is 0 Å². The Kier molecular flexibility index (Phi) is 6.23. The summed E-state index contributed by atoms with van der Waals surface area (Å²) >= 11 is 12.7. The number of methoxy groups -OCH3 is 2. The van der Waals surface area contributed by atoms with E-state index in [2.05, 4.69) is 0 Å². The number of ether oxygens (including phenoxy) is 3. The quantitative estimate of drug-likeness (QED) is 0.207. The topological polar surface area (TPSA) is 132 Å². The molecule has 35 heavy (non-hydrogen) atoms. The van der Waals surface area contributed by atoms with Crippen LogP contribution in [0.5, 0.6) is 23.0 Å². The number of aromatic hydroxyl groups is 1. The Morgan fingerprint density at radius 2 is 1.66 bits per heavy atom. The van der Waals surface area contributed by atoms with Gasteiger partial charge in [0.2, 0.25) is 5.43 Å². The highest BCUT2D eigenvalue weighted by Gasteiger charge is 2.29. The largest absolute Gasteiger partial charge is 0.503 e. The van der Waals surface area contributed by atoms with Crippen molar-refractivity contribution < 1.29 is 38.4 Å². The number of fused-ring (bicyclic) bond motifs is 2. The number of phenolic OH excluding ortho intramolecular Hbond substituents is 1. The number of carboxylic acids is 1. The van der Waals surface area contributed by atoms with Crippen LogP contribution in [-0.2, 0) is 4.79 Å². The Labute approximate surface area is 207 Å². The zero-order chi connectivity index (χ0) is 25.6. The van der Waals surface area contributed by atoms with Crippen LogP contribution in [0, 0.1) is 0 Å². The molecule has 2 aromatic rings. The van der Waals surface area contributed by atoms with E-state index in [9.17, 15) is 24.6 Å². The predicted molar refractivity (Wildman–Crippen MR) is 128 cm³/mol. The number of aromatic carboxylic acids is 1. The maximum atomic E-state index is 12.6. The molecular formula is C24H16Cl2O9. The van der Waals surface area contributed by atoms with Crippen LogP contribution in [0.1, 0.15) is 17.3 Å². The van der Waals surface area contributed by atoms with Gasteiger partial charge in [0, 0.05) is 29.0 Å². The van der Waals surface area contributed by atoms with Gasteiger partial charge in [-0.15, -0.1) is 0 Å². The van der Waals surface area contributed by atoms with Crippen LogP contribution in [0.3, 0.4) is 0 Å². The van der Waals surface area contributed by atoms with Crippen LogP contribution in [0.2, 0.25) is 10.0 Å². The molecule has 0 amide bonds. The van der Waals surface area contributed by atoms with Gasteiger partial charge in [0.05, 0.1) is 19.8 Å². The summed E-state index contributed by atoms with van der Waals surface area (Å²) in [5.74, 6) is -2.54. The van der Waals surface area contributed by atoms with E-state index in [-0.39, 0.29) is 66.3 Å². The fourth-order valence-corrected chi connectivity index (χ4v) is 4.22. The van der Waals surface area contributed by atoms with Gasteiger partial charge in [-0.1, -0.05) is 23.2 Å². The standard InChI is InChI=1S/C24H16Cl2O9/c1-9(27)34-10-4-5-11(24(30)31)12(6-10)17-13-7-15(32-2)20(28)18(25)22(13)35-23-14(17)8-16(33-3)21(29)19(23)26/h4-8,28H,1-3H3,(H,30,31). The van der Waals surface area contributed by atoms with Gasteiger partial charge in [-0.05, 0) is 30.3 Å². The minimum absolute atomic E-state index is 0.0233. The second-order valence-electron chi connectivity index (χ2n) is 7.30. The molecule has 0 atom stereocenters. The van der Waals surface area contributed by atoms with Crippen molar-refractivity contribution in [3.05, 3.63) is 56.2 Å². The van der Waals surface area contributed by atoms with Crippen molar-refractivity contribution in [3.8, 4) is 45.4 Å². The molecule has 0 fully saturated rings. The molecule has 0 bridgehead atoms. The first-order chi connectivity index (χ1) is 16.6. The van der Waals surface area contributed by atoms with E-state index in [1.165, 1.54) is 51.5 Å². The van der Waals surface area contributed by atoms with Crippen LogP contribution >= 0.6 is 23.2 Å². The van der Waals surface area contributed by atoms with E-state index < -0.39 is 23.1 Å². The molecule has 0 spiro atoms. The van der Waals surface area contributed by atoms with Crippen LogP contribution in [0.25, 0.3) is 33.4 Å². The molecule has 0 unspecified atom stereocenters. The number of carbonyl (C=O) groups excluding carboxylic acids is 1. The van der Waals surface area contributed by atoms with E-state index in [1.54, 1.807) is 0 Å². The molecule has 4 rings (SSSR count). The molecule has 1 aliphatic carbocycles. The summed E-state index contributed by atoms with van der Waals surface area (Å²) in [6.45, 7) is 1.20.